The Hall–Kier alpha value is -8.45. The van der Waals surface area contributed by atoms with Crippen LogP contribution in [0.4, 0.5) is 22.7 Å². The smallest absolute Gasteiger partial charge is 0.137 e. The summed E-state index contributed by atoms with van der Waals surface area (Å²) in [5.74, 6) is 2.40. The topological polar surface area (TPSA) is 33.5 Å². The number of para-hydroxylation sites is 2. The van der Waals surface area contributed by atoms with E-state index < -0.39 is 0 Å². The molecule has 360 valence electrons. The van der Waals surface area contributed by atoms with E-state index in [2.05, 4.69) is 268 Å². The number of ether oxygens (including phenoxy) is 1. The second kappa shape index (κ2) is 17.6. The van der Waals surface area contributed by atoms with Crippen LogP contribution in [0.5, 0.6) is 11.5 Å². The number of rotatable bonds is 8. The molecule has 0 N–H and O–H groups in total. The zero-order chi connectivity index (χ0) is 50.3. The van der Waals surface area contributed by atoms with Crippen LogP contribution >= 0.6 is 11.3 Å². The molecule has 4 heterocycles. The number of fused-ring (bicyclic) bond motifs is 8. The first-order chi connectivity index (χ1) is 35.9. The van der Waals surface area contributed by atoms with Crippen molar-refractivity contribution in [2.24, 2.45) is 0 Å². The lowest BCUT2D eigenvalue weighted by Crippen LogP contribution is -2.25. The van der Waals surface area contributed by atoms with Gasteiger partial charge >= 0.3 is 0 Å². The summed E-state index contributed by atoms with van der Waals surface area (Å²) in [5, 5.41) is 4.89. The number of thiophene rings is 1. The Morgan fingerprint density at radius 1 is 0.486 bits per heavy atom. The van der Waals surface area contributed by atoms with Crippen LogP contribution in [-0.2, 0) is 10.8 Å². The molecule has 0 fully saturated rings. The second-order valence-corrected chi connectivity index (χ2v) is 22.7. The van der Waals surface area contributed by atoms with Crippen molar-refractivity contribution in [3.05, 3.63) is 230 Å². The van der Waals surface area contributed by atoms with Gasteiger partial charge in [0.2, 0.25) is 0 Å². The zero-order valence-electron chi connectivity index (χ0n) is 42.6. The van der Waals surface area contributed by atoms with Gasteiger partial charge in [-0.3, -0.25) is 4.57 Å². The lowest BCUT2D eigenvalue weighted by molar-refractivity contribution is 0.483. The summed E-state index contributed by atoms with van der Waals surface area (Å²) >= 11 is 1.85. The number of nitrogens with zero attached hydrogens (tertiary/aromatic N) is 4. The van der Waals surface area contributed by atoms with Crippen molar-refractivity contribution in [1.29, 1.82) is 0 Å². The molecule has 0 amide bonds. The lowest BCUT2D eigenvalue weighted by atomic mass is 9.82. The predicted molar refractivity (Wildman–Crippen MR) is 314 cm³/mol. The van der Waals surface area contributed by atoms with Gasteiger partial charge in [-0.05, 0) is 122 Å². The normalized spacial score (nSPS) is 12.9. The largest absolute Gasteiger partial charge is 0.457 e. The number of benzene rings is 9. The first-order valence-corrected chi connectivity index (χ1v) is 26.4. The summed E-state index contributed by atoms with van der Waals surface area (Å²) in [6.45, 7) is 14.3. The fourth-order valence-electron chi connectivity index (χ4n) is 11.0. The molecule has 6 heteroatoms. The van der Waals surface area contributed by atoms with Crippen molar-refractivity contribution >= 4 is 76.1 Å². The minimum absolute atomic E-state index is 0.0585. The van der Waals surface area contributed by atoms with Gasteiger partial charge in [0.15, 0.2) is 0 Å². The van der Waals surface area contributed by atoms with E-state index in [1.165, 1.54) is 75.5 Å². The third-order valence-corrected chi connectivity index (χ3v) is 16.0. The van der Waals surface area contributed by atoms with Crippen molar-refractivity contribution < 1.29 is 4.74 Å². The van der Waals surface area contributed by atoms with Gasteiger partial charge in [0.1, 0.15) is 24.0 Å². The fourth-order valence-corrected chi connectivity index (χ4v) is 12.2. The Bertz CT molecular complexity index is 4040. The van der Waals surface area contributed by atoms with E-state index in [0.717, 1.165) is 51.0 Å². The van der Waals surface area contributed by atoms with Gasteiger partial charge in [-0.2, -0.15) is 0 Å². The van der Waals surface area contributed by atoms with E-state index in [0.29, 0.717) is 6.67 Å². The minimum atomic E-state index is -0.0734. The third-order valence-electron chi connectivity index (χ3n) is 14.8. The van der Waals surface area contributed by atoms with E-state index in [1.807, 2.05) is 17.5 Å². The van der Waals surface area contributed by atoms with Crippen molar-refractivity contribution in [2.75, 3.05) is 16.5 Å². The van der Waals surface area contributed by atoms with Crippen molar-refractivity contribution in [1.82, 2.24) is 9.55 Å². The van der Waals surface area contributed by atoms with Gasteiger partial charge in [-0.1, -0.05) is 175 Å². The zero-order valence-corrected chi connectivity index (χ0v) is 43.4. The van der Waals surface area contributed by atoms with Gasteiger partial charge in [0.05, 0.1) is 32.8 Å². The number of hydrogen-bond acceptors (Lipinski definition) is 5. The first-order valence-electron chi connectivity index (χ1n) is 25.6. The Labute approximate surface area is 437 Å². The van der Waals surface area contributed by atoms with Crippen LogP contribution in [0.3, 0.4) is 0 Å². The Balaban J connectivity index is 0.974. The molecule has 0 atom stereocenters. The molecule has 0 unspecified atom stereocenters. The molecule has 0 bridgehead atoms. The number of aromatic nitrogens is 2. The molecule has 0 spiro atoms. The molecule has 12 aromatic rings. The molecular formula is C68H56N4OS. The van der Waals surface area contributed by atoms with Gasteiger partial charge in [0.25, 0.3) is 0 Å². The van der Waals surface area contributed by atoms with Gasteiger partial charge < -0.3 is 14.5 Å². The molecule has 5 nitrogen and oxygen atoms in total. The van der Waals surface area contributed by atoms with Crippen LogP contribution in [-0.4, -0.2) is 16.2 Å². The maximum atomic E-state index is 7.18. The van der Waals surface area contributed by atoms with E-state index in [1.54, 1.807) is 0 Å². The van der Waals surface area contributed by atoms with E-state index in [9.17, 15) is 0 Å². The van der Waals surface area contributed by atoms with Gasteiger partial charge in [-0.25, -0.2) is 4.98 Å². The minimum Gasteiger partial charge on any atom is -0.457 e. The van der Waals surface area contributed by atoms with Crippen LogP contribution in [0.1, 0.15) is 52.7 Å². The Kier molecular flexibility index (Phi) is 10.8. The molecule has 0 radical (unpaired) electrons. The van der Waals surface area contributed by atoms with E-state index in [4.69, 9.17) is 9.72 Å². The molecule has 1 aliphatic heterocycles. The molecule has 3 aromatic heterocycles. The molecule has 0 aliphatic carbocycles. The molecular weight excluding hydrogens is 921 g/mol. The number of anilines is 4. The molecule has 0 saturated heterocycles. The molecule has 74 heavy (non-hydrogen) atoms. The van der Waals surface area contributed by atoms with Crippen LogP contribution < -0.4 is 14.5 Å². The highest BCUT2D eigenvalue weighted by atomic mass is 32.1. The highest BCUT2D eigenvalue weighted by Crippen LogP contribution is 2.53. The number of pyridine rings is 1. The molecule has 1 aliphatic rings. The average molecular weight is 977 g/mol. The molecule has 13 rings (SSSR count). The summed E-state index contributed by atoms with van der Waals surface area (Å²) in [4.78, 5) is 10.1. The maximum absolute atomic E-state index is 7.18. The summed E-state index contributed by atoms with van der Waals surface area (Å²) in [5.41, 5.74) is 16.1. The summed E-state index contributed by atoms with van der Waals surface area (Å²) in [7, 11) is 0. The highest BCUT2D eigenvalue weighted by Gasteiger charge is 2.33. The second-order valence-electron chi connectivity index (χ2n) is 21.7. The standard InChI is InChI=1S/C68H56N4OS/c1-67(2,3)49-34-35-69-62(40-49)72-60-42-52(31-32-55(60)66-65(72)63-54-27-17-16-26-47(54)30-33-61(63)74-66)73-53-37-48(44-20-10-7-11-21-44)36-51(41-53)70-43-71(59-29-19-18-28-58(59)70)64-56(45-22-12-8-13-23-45)38-50(68(4,5)6)39-57(64)46-24-14-9-15-25-46/h7-42H,43H2,1-6H3. The Morgan fingerprint density at radius 2 is 1.11 bits per heavy atom. The summed E-state index contributed by atoms with van der Waals surface area (Å²) in [6, 6.07) is 77.0. The van der Waals surface area contributed by atoms with Gasteiger partial charge in [-0.15, -0.1) is 11.3 Å². The summed E-state index contributed by atoms with van der Waals surface area (Å²) < 4.78 is 12.1. The predicted octanol–water partition coefficient (Wildman–Crippen LogP) is 19.2. The monoisotopic (exact) mass is 976 g/mol. The quantitative estimate of drug-likeness (QED) is 0.152. The van der Waals surface area contributed by atoms with Gasteiger partial charge in [0, 0.05) is 50.6 Å². The number of hydrogen-bond donors (Lipinski definition) is 0. The fraction of sp³-hybridized carbons (Fsp3) is 0.132. The van der Waals surface area contributed by atoms with Crippen LogP contribution in [0.15, 0.2) is 219 Å². The van der Waals surface area contributed by atoms with Crippen molar-refractivity contribution in [2.45, 2.75) is 52.4 Å². The van der Waals surface area contributed by atoms with Crippen LogP contribution in [0.2, 0.25) is 0 Å². The SMILES string of the molecule is CC(C)(C)c1ccnc(-n2c3cc(Oc4cc(-c5ccccc5)cc(N5CN(c6c(-c7ccccc7)cc(C(C)(C)C)cc6-c6ccccc6)c6ccccc65)c4)ccc3c3sc4ccc5ccccc5c4c32)c1. The highest BCUT2D eigenvalue weighted by molar-refractivity contribution is 7.27. The van der Waals surface area contributed by atoms with Crippen LogP contribution in [0, 0.1) is 0 Å². The van der Waals surface area contributed by atoms with Crippen LogP contribution in [0.25, 0.3) is 81.2 Å². The lowest BCUT2D eigenvalue weighted by Gasteiger charge is -2.30. The van der Waals surface area contributed by atoms with E-state index >= 15 is 0 Å². The molecule has 9 aromatic carbocycles. The van der Waals surface area contributed by atoms with Crippen molar-refractivity contribution in [3.8, 4) is 50.7 Å². The molecule has 0 saturated carbocycles. The summed E-state index contributed by atoms with van der Waals surface area (Å²) in [6.07, 6.45) is 1.96. The maximum Gasteiger partial charge on any atom is 0.137 e. The first kappa shape index (κ1) is 45.4. The van der Waals surface area contributed by atoms with E-state index in [-0.39, 0.29) is 10.8 Å². The van der Waals surface area contributed by atoms with Crippen molar-refractivity contribution in [3.63, 3.8) is 0 Å². The average Bonchev–Trinajstić information content (AvgIpc) is 4.10. The Morgan fingerprint density at radius 3 is 1.78 bits per heavy atom. The third kappa shape index (κ3) is 7.89.